The smallest absolute Gasteiger partial charge is 0.214 e. The van der Waals surface area contributed by atoms with Crippen molar-refractivity contribution in [2.45, 2.75) is 25.3 Å². The van der Waals surface area contributed by atoms with E-state index in [0.29, 0.717) is 25.0 Å². The Labute approximate surface area is 94.4 Å². The fourth-order valence-corrected chi connectivity index (χ4v) is 1.55. The Bertz CT molecular complexity index is 317. The normalized spacial score (nSPS) is 16.1. The largest absolute Gasteiger partial charge is 0.469 e. The predicted octanol–water partition coefficient (Wildman–Crippen LogP) is 2.16. The highest BCUT2D eigenvalue weighted by Gasteiger charge is 2.20. The SMILES string of the molecule is CCc1cc(CCl)cc(OC2COC2)n1. The van der Waals surface area contributed by atoms with Gasteiger partial charge in [-0.1, -0.05) is 6.92 Å². The quantitative estimate of drug-likeness (QED) is 0.739. The third kappa shape index (κ3) is 2.61. The molecule has 0 atom stereocenters. The molecule has 1 fully saturated rings. The number of pyridine rings is 1. The van der Waals surface area contributed by atoms with Crippen molar-refractivity contribution in [1.82, 2.24) is 4.98 Å². The molecule has 3 nitrogen and oxygen atoms in total. The average Bonchev–Trinajstić information content (AvgIpc) is 2.23. The monoisotopic (exact) mass is 227 g/mol. The zero-order chi connectivity index (χ0) is 10.7. The number of halogens is 1. The van der Waals surface area contributed by atoms with Crippen LogP contribution in [0.4, 0.5) is 0 Å². The predicted molar refractivity (Wildman–Crippen MR) is 58.4 cm³/mol. The van der Waals surface area contributed by atoms with Gasteiger partial charge in [0.2, 0.25) is 5.88 Å². The van der Waals surface area contributed by atoms with Crippen molar-refractivity contribution < 1.29 is 9.47 Å². The van der Waals surface area contributed by atoms with Gasteiger partial charge in [-0.3, -0.25) is 0 Å². The Morgan fingerprint density at radius 1 is 1.53 bits per heavy atom. The van der Waals surface area contributed by atoms with Gasteiger partial charge in [-0.15, -0.1) is 11.6 Å². The molecule has 0 radical (unpaired) electrons. The maximum Gasteiger partial charge on any atom is 0.214 e. The highest BCUT2D eigenvalue weighted by molar-refractivity contribution is 6.17. The van der Waals surface area contributed by atoms with Gasteiger partial charge in [0.25, 0.3) is 0 Å². The van der Waals surface area contributed by atoms with E-state index in [1.165, 1.54) is 0 Å². The lowest BCUT2D eigenvalue weighted by Crippen LogP contribution is -2.38. The van der Waals surface area contributed by atoms with Crippen molar-refractivity contribution in [3.63, 3.8) is 0 Å². The standard InChI is InChI=1S/C11H14ClNO2/c1-2-9-3-8(5-12)4-11(13-9)15-10-6-14-7-10/h3-4,10H,2,5-7H2,1H3. The number of aromatic nitrogens is 1. The number of hydrogen-bond acceptors (Lipinski definition) is 3. The fraction of sp³-hybridized carbons (Fsp3) is 0.545. The van der Waals surface area contributed by atoms with E-state index in [-0.39, 0.29) is 6.10 Å². The van der Waals surface area contributed by atoms with Crippen LogP contribution in [0.1, 0.15) is 18.2 Å². The lowest BCUT2D eigenvalue weighted by Gasteiger charge is -2.26. The maximum absolute atomic E-state index is 5.80. The molecule has 0 aromatic carbocycles. The number of rotatable bonds is 4. The summed E-state index contributed by atoms with van der Waals surface area (Å²) < 4.78 is 10.7. The van der Waals surface area contributed by atoms with Gasteiger partial charge in [0.05, 0.1) is 13.2 Å². The van der Waals surface area contributed by atoms with E-state index in [4.69, 9.17) is 21.1 Å². The van der Waals surface area contributed by atoms with Gasteiger partial charge >= 0.3 is 0 Å². The molecule has 0 N–H and O–H groups in total. The molecule has 2 rings (SSSR count). The lowest BCUT2D eigenvalue weighted by molar-refractivity contribution is -0.0814. The second kappa shape index (κ2) is 4.81. The maximum atomic E-state index is 5.80. The molecule has 15 heavy (non-hydrogen) atoms. The number of ether oxygens (including phenoxy) is 2. The van der Waals surface area contributed by atoms with Crippen LogP contribution < -0.4 is 4.74 Å². The molecule has 4 heteroatoms. The molecule has 1 aromatic rings. The van der Waals surface area contributed by atoms with Gasteiger partial charge in [0.1, 0.15) is 6.10 Å². The molecule has 1 aliphatic rings. The fourth-order valence-electron chi connectivity index (χ4n) is 1.39. The minimum absolute atomic E-state index is 0.160. The topological polar surface area (TPSA) is 31.4 Å². The van der Waals surface area contributed by atoms with E-state index in [0.717, 1.165) is 17.7 Å². The van der Waals surface area contributed by atoms with E-state index in [1.54, 1.807) is 0 Å². The molecule has 82 valence electrons. The summed E-state index contributed by atoms with van der Waals surface area (Å²) in [5.41, 5.74) is 2.07. The van der Waals surface area contributed by atoms with Crippen LogP contribution >= 0.6 is 11.6 Å². The number of alkyl halides is 1. The van der Waals surface area contributed by atoms with Gasteiger partial charge in [0.15, 0.2) is 0 Å². The Balaban J connectivity index is 2.13. The first kappa shape index (κ1) is 10.7. The van der Waals surface area contributed by atoms with Crippen LogP contribution in [0.3, 0.4) is 0 Å². The van der Waals surface area contributed by atoms with Gasteiger partial charge in [-0.25, -0.2) is 4.98 Å². The van der Waals surface area contributed by atoms with E-state index >= 15 is 0 Å². The number of hydrogen-bond donors (Lipinski definition) is 0. The highest BCUT2D eigenvalue weighted by atomic mass is 35.5. The zero-order valence-electron chi connectivity index (χ0n) is 8.70. The van der Waals surface area contributed by atoms with Crippen LogP contribution in [0, 0.1) is 0 Å². The number of aryl methyl sites for hydroxylation is 1. The van der Waals surface area contributed by atoms with Gasteiger partial charge in [0, 0.05) is 17.6 Å². The molecular formula is C11H14ClNO2. The third-order valence-electron chi connectivity index (χ3n) is 2.33. The Morgan fingerprint density at radius 3 is 2.87 bits per heavy atom. The summed E-state index contributed by atoms with van der Waals surface area (Å²) >= 11 is 5.80. The molecule has 1 saturated heterocycles. The summed E-state index contributed by atoms with van der Waals surface area (Å²) in [5.74, 6) is 1.16. The highest BCUT2D eigenvalue weighted by Crippen LogP contribution is 2.18. The third-order valence-corrected chi connectivity index (χ3v) is 2.63. The van der Waals surface area contributed by atoms with Gasteiger partial charge in [-0.2, -0.15) is 0 Å². The van der Waals surface area contributed by atoms with Crippen LogP contribution in [0.5, 0.6) is 5.88 Å². The van der Waals surface area contributed by atoms with Crippen LogP contribution in [-0.4, -0.2) is 24.3 Å². The molecule has 1 aromatic heterocycles. The molecule has 0 spiro atoms. The molecule has 2 heterocycles. The van der Waals surface area contributed by atoms with Crippen molar-refractivity contribution in [3.05, 3.63) is 23.4 Å². The van der Waals surface area contributed by atoms with E-state index in [1.807, 2.05) is 12.1 Å². The molecule has 0 amide bonds. The molecule has 0 aliphatic carbocycles. The summed E-state index contributed by atoms with van der Waals surface area (Å²) in [4.78, 5) is 4.39. The average molecular weight is 228 g/mol. The van der Waals surface area contributed by atoms with Crippen molar-refractivity contribution in [1.29, 1.82) is 0 Å². The Morgan fingerprint density at radius 2 is 2.33 bits per heavy atom. The summed E-state index contributed by atoms with van der Waals surface area (Å²) in [6.07, 6.45) is 1.05. The molecule has 0 unspecified atom stereocenters. The van der Waals surface area contributed by atoms with E-state index in [9.17, 15) is 0 Å². The first-order valence-corrected chi connectivity index (χ1v) is 5.65. The minimum atomic E-state index is 0.160. The van der Waals surface area contributed by atoms with Crippen LogP contribution in [0.2, 0.25) is 0 Å². The minimum Gasteiger partial charge on any atom is -0.469 e. The first-order chi connectivity index (χ1) is 7.31. The van der Waals surface area contributed by atoms with E-state index < -0.39 is 0 Å². The van der Waals surface area contributed by atoms with Gasteiger partial charge < -0.3 is 9.47 Å². The molecule has 1 aliphatic heterocycles. The van der Waals surface area contributed by atoms with Crippen LogP contribution in [0.15, 0.2) is 12.1 Å². The van der Waals surface area contributed by atoms with Crippen LogP contribution in [-0.2, 0) is 17.0 Å². The molecular weight excluding hydrogens is 214 g/mol. The van der Waals surface area contributed by atoms with Crippen molar-refractivity contribution in [2.75, 3.05) is 13.2 Å². The summed E-state index contributed by atoms with van der Waals surface area (Å²) in [5, 5.41) is 0. The lowest BCUT2D eigenvalue weighted by atomic mass is 10.2. The van der Waals surface area contributed by atoms with Crippen molar-refractivity contribution in [2.24, 2.45) is 0 Å². The first-order valence-electron chi connectivity index (χ1n) is 5.12. The van der Waals surface area contributed by atoms with Gasteiger partial charge in [-0.05, 0) is 18.1 Å². The van der Waals surface area contributed by atoms with Crippen LogP contribution in [0.25, 0.3) is 0 Å². The molecule has 0 saturated carbocycles. The van der Waals surface area contributed by atoms with Crippen molar-refractivity contribution >= 4 is 11.6 Å². The summed E-state index contributed by atoms with van der Waals surface area (Å²) in [6, 6.07) is 3.90. The second-order valence-corrected chi connectivity index (χ2v) is 3.84. The molecule has 0 bridgehead atoms. The Hall–Kier alpha value is -0.800. The second-order valence-electron chi connectivity index (χ2n) is 3.57. The summed E-state index contributed by atoms with van der Waals surface area (Å²) in [7, 11) is 0. The van der Waals surface area contributed by atoms with E-state index in [2.05, 4.69) is 11.9 Å². The zero-order valence-corrected chi connectivity index (χ0v) is 9.46. The van der Waals surface area contributed by atoms with Crippen molar-refractivity contribution in [3.8, 4) is 5.88 Å². The summed E-state index contributed by atoms with van der Waals surface area (Å²) in [6.45, 7) is 3.39. The Kier molecular flexibility index (Phi) is 3.44. The number of nitrogens with zero attached hydrogens (tertiary/aromatic N) is 1.